The second-order valence-electron chi connectivity index (χ2n) is 26.6. The minimum atomic E-state index is -4.42. The predicted octanol–water partition coefficient (Wildman–Crippen LogP) is 20.4. The number of benzene rings is 9. The molecule has 18 rings (SSSR count). The van der Waals surface area contributed by atoms with Gasteiger partial charge in [-0.2, -0.15) is 13.2 Å². The molecular weight excluding hydrogens is 2000 g/mol. The van der Waals surface area contributed by atoms with Crippen molar-refractivity contribution in [3.63, 3.8) is 0 Å². The van der Waals surface area contributed by atoms with Crippen molar-refractivity contribution in [3.05, 3.63) is 236 Å². The number of fused-ring (bicyclic) bond motifs is 9. The van der Waals surface area contributed by atoms with Gasteiger partial charge in [-0.3, -0.25) is 43.2 Å². The van der Waals surface area contributed by atoms with Crippen LogP contribution in [0.5, 0.6) is 63.2 Å². The number of thioether (sulfide) groups is 1. The van der Waals surface area contributed by atoms with Crippen LogP contribution in [-0.4, -0.2) is 149 Å². The molecule has 621 valence electrons. The van der Waals surface area contributed by atoms with Gasteiger partial charge in [0.15, 0.2) is 63.5 Å². The van der Waals surface area contributed by atoms with Crippen molar-refractivity contribution < 1.29 is 150 Å². The summed E-state index contributed by atoms with van der Waals surface area (Å²) in [5.41, 5.74) is 6.33. The Morgan fingerprint density at radius 1 is 0.462 bits per heavy atom. The van der Waals surface area contributed by atoms with Crippen molar-refractivity contribution in [1.29, 1.82) is 0 Å². The van der Waals surface area contributed by atoms with Gasteiger partial charge in [0.2, 0.25) is 0 Å². The molecule has 9 heterocycles. The van der Waals surface area contributed by atoms with E-state index in [1.165, 1.54) is 18.2 Å². The number of halogens is 9. The van der Waals surface area contributed by atoms with E-state index in [9.17, 15) is 61.4 Å². The summed E-state index contributed by atoms with van der Waals surface area (Å²) < 4.78 is 91.7. The maximum Gasteiger partial charge on any atom is 0.416 e. The van der Waals surface area contributed by atoms with Crippen molar-refractivity contribution in [2.24, 2.45) is 0 Å². The van der Waals surface area contributed by atoms with E-state index in [-0.39, 0.29) is 134 Å². The molecule has 0 amide bonds. The van der Waals surface area contributed by atoms with E-state index in [0.717, 1.165) is 58.9 Å². The summed E-state index contributed by atoms with van der Waals surface area (Å²) in [4.78, 5) is 106. The third kappa shape index (κ3) is 25.6. The molecule has 0 saturated heterocycles. The number of ketones is 9. The first-order valence-corrected chi connectivity index (χ1v) is 41.7. The van der Waals surface area contributed by atoms with Gasteiger partial charge in [0, 0.05) is 143 Å². The summed E-state index contributed by atoms with van der Waals surface area (Å²) in [7, 11) is 5.52. The molecule has 1 atom stereocenters. The van der Waals surface area contributed by atoms with Crippen LogP contribution in [0.4, 0.5) is 18.9 Å². The summed E-state index contributed by atoms with van der Waals surface area (Å²) in [6.45, 7) is 5.84. The summed E-state index contributed by atoms with van der Waals surface area (Å²) in [6.07, 6.45) is 0.892. The van der Waals surface area contributed by atoms with Crippen LogP contribution in [0.15, 0.2) is 161 Å². The van der Waals surface area contributed by atoms with Crippen molar-refractivity contribution in [1.82, 2.24) is 0 Å². The monoisotopic (exact) mass is 2070 g/mol. The Kier molecular flexibility index (Phi) is 35.3. The number of hydrogen-bond donors (Lipinski definition) is 1. The number of aryl methyl sites for hydroxylation is 1. The summed E-state index contributed by atoms with van der Waals surface area (Å²) in [6, 6.07) is 42.5. The van der Waals surface area contributed by atoms with Crippen LogP contribution < -0.4 is 52.3 Å². The zero-order chi connectivity index (χ0) is 85.1. The number of rotatable bonds is 3. The molecule has 0 spiro atoms. The summed E-state index contributed by atoms with van der Waals surface area (Å²) in [5, 5.41) is 10.6. The van der Waals surface area contributed by atoms with Crippen LogP contribution in [0.1, 0.15) is 156 Å². The van der Waals surface area contributed by atoms with Crippen molar-refractivity contribution in [2.75, 3.05) is 91.8 Å². The Morgan fingerprint density at radius 3 is 1.46 bits per heavy atom. The molecule has 9 aromatic carbocycles. The molecule has 0 aromatic heterocycles. The molecule has 9 aliphatic rings. The zero-order valence-electron chi connectivity index (χ0n) is 64.6. The van der Waals surface area contributed by atoms with E-state index >= 15 is 0 Å². The van der Waals surface area contributed by atoms with Crippen LogP contribution in [-0.2, 0) is 6.18 Å². The van der Waals surface area contributed by atoms with E-state index < -0.39 is 11.7 Å². The second-order valence-corrected chi connectivity index (χ2v) is 32.0. The number of phenolic OH excluding ortho intramolecular Hbond substituents is 1. The SMILES string of the molecule is CN(C)c1ccc2c(c1)OCCC2=O.COc1ccc2c(c1)OCCC2=O.CSc1ccc2c(c1)OCCC2=O.Cc1ccc2c(c1)C(=O)C(Br)CO2.O=C1CCOc2c(Cl)cc(Cl)cc21.O=C1CCOc2c(O)ccc(Cl)c21.O=C1CCOc2ccc(Br)cc21.O=C1CCOc2ccc(C(F)(F)F)cc21.O=C1CCOc2ccc(I)cc21.[Pr]. The number of methoxy groups -OCH3 is 1. The van der Waals surface area contributed by atoms with E-state index in [1.54, 1.807) is 55.3 Å². The van der Waals surface area contributed by atoms with Gasteiger partial charge in [0.25, 0.3) is 0 Å². The number of ether oxygens (including phenoxy) is 10. The third-order valence-corrected chi connectivity index (χ3v) is 21.7. The number of anilines is 1. The number of nitrogens with zero attached hydrogens (tertiary/aromatic N) is 1. The topological polar surface area (TPSA) is 269 Å². The Bertz CT molecular complexity index is 5190. The molecule has 0 fully saturated rings. The molecule has 9 aromatic rings. The third-order valence-electron chi connectivity index (χ3n) is 18.3. The van der Waals surface area contributed by atoms with Crippen LogP contribution in [0.3, 0.4) is 0 Å². The Hall–Kier alpha value is -8.33. The molecule has 0 bridgehead atoms. The molecule has 119 heavy (non-hydrogen) atoms. The summed E-state index contributed by atoms with van der Waals surface area (Å²) >= 11 is 27.8. The van der Waals surface area contributed by atoms with Gasteiger partial charge in [-0.15, -0.1) is 11.8 Å². The largest absolute Gasteiger partial charge is 0.504 e. The molecule has 9 aliphatic heterocycles. The first-order valence-electron chi connectivity index (χ1n) is 36.6. The minimum absolute atomic E-state index is 0. The number of carbonyl (C=O) groups is 9. The van der Waals surface area contributed by atoms with Crippen molar-refractivity contribution in [2.45, 2.75) is 74.2 Å². The predicted molar refractivity (Wildman–Crippen MR) is 456 cm³/mol. The first-order chi connectivity index (χ1) is 56.4. The Morgan fingerprint density at radius 2 is 0.916 bits per heavy atom. The quantitative estimate of drug-likeness (QED) is 0.0978. The molecular formula is C87H76Br2Cl3F3INO20PrS. The van der Waals surface area contributed by atoms with Gasteiger partial charge in [-0.25, -0.2) is 0 Å². The van der Waals surface area contributed by atoms with Crippen molar-refractivity contribution in [3.8, 4) is 63.2 Å². The van der Waals surface area contributed by atoms with Crippen LogP contribution in [0.2, 0.25) is 15.1 Å². The van der Waals surface area contributed by atoms with Gasteiger partial charge in [0.05, 0.1) is 126 Å². The maximum absolute atomic E-state index is 12.3. The number of alkyl halides is 4. The molecule has 21 nitrogen and oxygen atoms in total. The van der Waals surface area contributed by atoms with E-state index in [2.05, 4.69) is 54.5 Å². The van der Waals surface area contributed by atoms with Gasteiger partial charge in [-0.1, -0.05) is 78.3 Å². The van der Waals surface area contributed by atoms with Crippen LogP contribution in [0.25, 0.3) is 0 Å². The smallest absolute Gasteiger partial charge is 0.416 e. The van der Waals surface area contributed by atoms with E-state index in [0.29, 0.717) is 181 Å². The number of Topliss-reactive ketones (excluding diaryl/α,β-unsaturated/α-hetero) is 9. The van der Waals surface area contributed by atoms with E-state index in [1.807, 2.05) is 117 Å². The minimum Gasteiger partial charge on any atom is -0.504 e. The number of aromatic hydroxyl groups is 1. The Balaban J connectivity index is 0.000000152. The van der Waals surface area contributed by atoms with Gasteiger partial charge in [0.1, 0.15) is 63.2 Å². The maximum atomic E-state index is 12.3. The molecule has 32 heteroatoms. The first kappa shape index (κ1) is 94.5. The molecule has 1 unspecified atom stereocenters. The fourth-order valence-electron chi connectivity index (χ4n) is 12.2. The van der Waals surface area contributed by atoms with Crippen LogP contribution in [0, 0.1) is 51.8 Å². The number of carbonyl (C=O) groups excluding carboxylic acids is 9. The Labute approximate surface area is 766 Å². The fourth-order valence-corrected chi connectivity index (χ4v) is 14.6. The molecule has 0 aliphatic carbocycles. The average molecular weight is 2080 g/mol. The number of hydrogen-bond acceptors (Lipinski definition) is 22. The molecule has 1 radical (unpaired) electrons. The molecule has 0 saturated carbocycles. The molecule has 1 N–H and O–H groups in total. The van der Waals surface area contributed by atoms with Crippen molar-refractivity contribution >= 4 is 159 Å². The summed E-state index contributed by atoms with van der Waals surface area (Å²) in [5.74, 6) is 6.44. The van der Waals surface area contributed by atoms with Gasteiger partial charge < -0.3 is 57.4 Å². The van der Waals surface area contributed by atoms with Gasteiger partial charge >= 0.3 is 6.18 Å². The number of phenols is 1. The fraction of sp³-hybridized carbons (Fsp3) is 0.276. The van der Waals surface area contributed by atoms with Gasteiger partial charge in [-0.05, 0) is 169 Å². The van der Waals surface area contributed by atoms with E-state index in [4.69, 9.17) is 82.2 Å². The van der Waals surface area contributed by atoms with Crippen LogP contribution >= 0.6 is 101 Å². The average Bonchev–Trinajstić information content (AvgIpc) is 0.782. The second kappa shape index (κ2) is 44.5. The zero-order valence-corrected chi connectivity index (χ0v) is 76.7. The standard InChI is InChI=1S/C11H13NO2.C10H9BrO2.C10H7F3O2.C10H10O3.C10H10O2S.C9H7BrO2.C9H6Cl2O2.C9H7ClO3.C9H7IO2.Pr/c1-12(2)8-3-4-9-10(13)5-6-14-11(9)7-8;1-6-2-3-9-7(4-6)10(12)8(11)5-13-9;11-10(12,13)6-1-2-9-7(5-6)8(14)3-4-15-9;1-12-7-2-3-8-9(11)4-5-13-10(8)6-7;1-13-7-2-3-8-9(11)4-5-12-10(8)6-7;10-6-1-2-9-7(5-6)8(11)3-4-12-9;10-5-3-6-8(12)1-2-13-9(6)7(11)4-5;10-5-1-2-7(12)9-8(5)6(11)3-4-13-9;10-6-1-2-9-7(5-6)8(11)3-4-12-9;/h3-4,7H,5-6H2,1-2H3;2-4,8H,5H2,1H3;1-2,5H,3-4H2;2*2-3,6H,4-5H2,1H3;1-2,5H,3-4H2;3-4H,1-2H2;1-2,12H,3-4H2;1-2,5H,3-4H2;. The normalized spacial score (nSPS) is 15.6.